The number of rotatable bonds is 3. The maximum atomic E-state index is 12.7. The summed E-state index contributed by atoms with van der Waals surface area (Å²) in [6.07, 6.45) is 3.52. The molecule has 1 saturated heterocycles. The molecule has 1 aliphatic rings. The van der Waals surface area contributed by atoms with Gasteiger partial charge in [0.2, 0.25) is 0 Å². The molecule has 0 saturated carbocycles. The van der Waals surface area contributed by atoms with Gasteiger partial charge in [0.25, 0.3) is 5.91 Å². The molecule has 0 bridgehead atoms. The molecule has 2 atom stereocenters. The average Bonchev–Trinajstić information content (AvgIpc) is 2.38. The van der Waals surface area contributed by atoms with Gasteiger partial charge in [-0.3, -0.25) is 4.79 Å². The molecular weight excluding hydrogens is 250 g/mol. The molecule has 1 amide bonds. The number of likely N-dealkylation sites (tertiary alicyclic amines) is 1. The monoisotopic (exact) mass is 275 g/mol. The summed E-state index contributed by atoms with van der Waals surface area (Å²) >= 11 is 0. The van der Waals surface area contributed by atoms with Gasteiger partial charge in [-0.15, -0.1) is 0 Å². The molecule has 20 heavy (non-hydrogen) atoms. The second kappa shape index (κ2) is 6.29. The zero-order chi connectivity index (χ0) is 14.7. The quantitative estimate of drug-likeness (QED) is 0.838. The van der Waals surface area contributed by atoms with Crippen molar-refractivity contribution in [2.75, 3.05) is 0 Å². The third-order valence-electron chi connectivity index (χ3n) is 3.88. The van der Waals surface area contributed by atoms with Crippen LogP contribution in [0, 0.1) is 0 Å². The first-order valence-electron chi connectivity index (χ1n) is 7.58. The van der Waals surface area contributed by atoms with Crippen LogP contribution in [0.1, 0.15) is 57.3 Å². The summed E-state index contributed by atoms with van der Waals surface area (Å²) in [6.45, 7) is 8.26. The number of hydrogen-bond acceptors (Lipinski definition) is 2. The number of nitrogens with zero attached hydrogens (tertiary/aromatic N) is 1. The fraction of sp³-hybridized carbons (Fsp3) is 0.588. The minimum Gasteiger partial charge on any atom is -0.491 e. The Morgan fingerprint density at radius 1 is 1.25 bits per heavy atom. The summed E-state index contributed by atoms with van der Waals surface area (Å²) in [5, 5.41) is 0. The summed E-state index contributed by atoms with van der Waals surface area (Å²) in [5.74, 6) is 0.891. The fourth-order valence-electron chi connectivity index (χ4n) is 2.95. The number of amides is 1. The van der Waals surface area contributed by atoms with E-state index in [1.165, 1.54) is 6.42 Å². The molecule has 3 heteroatoms. The second-order valence-corrected chi connectivity index (χ2v) is 6.04. The van der Waals surface area contributed by atoms with Crippen molar-refractivity contribution in [3.05, 3.63) is 29.8 Å². The van der Waals surface area contributed by atoms with Crippen LogP contribution in [0.5, 0.6) is 5.75 Å². The molecule has 1 aromatic carbocycles. The van der Waals surface area contributed by atoms with E-state index >= 15 is 0 Å². The van der Waals surface area contributed by atoms with E-state index in [1.807, 2.05) is 43.0 Å². The van der Waals surface area contributed by atoms with Gasteiger partial charge in [0.1, 0.15) is 5.75 Å². The fourth-order valence-corrected chi connectivity index (χ4v) is 2.95. The Morgan fingerprint density at radius 2 is 1.90 bits per heavy atom. The zero-order valence-electron chi connectivity index (χ0n) is 12.9. The van der Waals surface area contributed by atoms with E-state index in [0.717, 1.165) is 24.2 Å². The molecule has 2 rings (SSSR count). The third kappa shape index (κ3) is 3.33. The van der Waals surface area contributed by atoms with Crippen molar-refractivity contribution in [3.63, 3.8) is 0 Å². The van der Waals surface area contributed by atoms with Gasteiger partial charge in [0, 0.05) is 17.6 Å². The van der Waals surface area contributed by atoms with Crippen LogP contribution in [0.4, 0.5) is 0 Å². The van der Waals surface area contributed by atoms with E-state index in [4.69, 9.17) is 4.74 Å². The highest BCUT2D eigenvalue weighted by Crippen LogP contribution is 2.25. The second-order valence-electron chi connectivity index (χ2n) is 6.04. The molecule has 1 fully saturated rings. The van der Waals surface area contributed by atoms with Gasteiger partial charge in [-0.1, -0.05) is 6.07 Å². The summed E-state index contributed by atoms with van der Waals surface area (Å²) in [7, 11) is 0. The summed E-state index contributed by atoms with van der Waals surface area (Å²) < 4.78 is 5.68. The Labute approximate surface area is 121 Å². The predicted octanol–water partition coefficient (Wildman–Crippen LogP) is 3.88. The van der Waals surface area contributed by atoms with Crippen molar-refractivity contribution in [2.45, 2.75) is 65.1 Å². The van der Waals surface area contributed by atoms with Crippen molar-refractivity contribution in [3.8, 4) is 5.75 Å². The smallest absolute Gasteiger partial charge is 0.254 e. The number of ether oxygens (including phenoxy) is 1. The molecule has 3 nitrogen and oxygen atoms in total. The first-order chi connectivity index (χ1) is 9.49. The predicted molar refractivity (Wildman–Crippen MR) is 81.2 cm³/mol. The van der Waals surface area contributed by atoms with Crippen LogP contribution < -0.4 is 4.74 Å². The highest BCUT2D eigenvalue weighted by atomic mass is 16.5. The van der Waals surface area contributed by atoms with Crippen LogP contribution in [0.3, 0.4) is 0 Å². The van der Waals surface area contributed by atoms with Gasteiger partial charge < -0.3 is 9.64 Å². The topological polar surface area (TPSA) is 29.5 Å². The Bertz CT molecular complexity index is 460. The van der Waals surface area contributed by atoms with Gasteiger partial charge >= 0.3 is 0 Å². The molecule has 1 heterocycles. The molecule has 1 aromatic rings. The normalized spacial score (nSPS) is 22.9. The zero-order valence-corrected chi connectivity index (χ0v) is 12.9. The van der Waals surface area contributed by atoms with Crippen LogP contribution in [0.2, 0.25) is 0 Å². The lowest BCUT2D eigenvalue weighted by Crippen LogP contribution is -2.47. The van der Waals surface area contributed by atoms with E-state index in [1.54, 1.807) is 0 Å². The third-order valence-corrected chi connectivity index (χ3v) is 3.88. The van der Waals surface area contributed by atoms with Crippen LogP contribution in [-0.4, -0.2) is 29.0 Å². The van der Waals surface area contributed by atoms with Gasteiger partial charge in [-0.05, 0) is 65.2 Å². The standard InChI is InChI=1S/C17H25NO2/c1-12(2)20-16-10-6-9-15(11-16)17(19)18-13(3)7-5-8-14(18)4/h6,9-14H,5,7-8H2,1-4H3/t13-,14+. The molecule has 0 N–H and O–H groups in total. The van der Waals surface area contributed by atoms with E-state index in [-0.39, 0.29) is 12.0 Å². The summed E-state index contributed by atoms with van der Waals surface area (Å²) in [4.78, 5) is 14.8. The van der Waals surface area contributed by atoms with E-state index < -0.39 is 0 Å². The maximum Gasteiger partial charge on any atom is 0.254 e. The lowest BCUT2D eigenvalue weighted by atomic mass is 9.96. The van der Waals surface area contributed by atoms with Crippen LogP contribution >= 0.6 is 0 Å². The molecule has 0 radical (unpaired) electrons. The lowest BCUT2D eigenvalue weighted by Gasteiger charge is -2.39. The lowest BCUT2D eigenvalue weighted by molar-refractivity contribution is 0.0510. The molecule has 0 aromatic heterocycles. The van der Waals surface area contributed by atoms with Crippen molar-refractivity contribution < 1.29 is 9.53 Å². The van der Waals surface area contributed by atoms with Gasteiger partial charge in [-0.25, -0.2) is 0 Å². The van der Waals surface area contributed by atoms with Gasteiger partial charge in [-0.2, -0.15) is 0 Å². The van der Waals surface area contributed by atoms with Crippen molar-refractivity contribution >= 4 is 5.91 Å². The largest absolute Gasteiger partial charge is 0.491 e. The Hall–Kier alpha value is -1.51. The first kappa shape index (κ1) is 14.9. The first-order valence-corrected chi connectivity index (χ1v) is 7.58. The van der Waals surface area contributed by atoms with E-state index in [2.05, 4.69) is 13.8 Å². The van der Waals surface area contributed by atoms with Crippen molar-refractivity contribution in [2.24, 2.45) is 0 Å². The molecule has 1 aliphatic heterocycles. The Balaban J connectivity index is 2.19. The molecule has 0 spiro atoms. The van der Waals surface area contributed by atoms with Gasteiger partial charge in [0.15, 0.2) is 0 Å². The molecule has 0 aliphatic carbocycles. The summed E-state index contributed by atoms with van der Waals surface area (Å²) in [5.41, 5.74) is 0.726. The SMILES string of the molecule is CC(C)Oc1cccc(C(=O)N2[C@H](C)CCC[C@@H]2C)c1. The van der Waals surface area contributed by atoms with Gasteiger partial charge in [0.05, 0.1) is 6.10 Å². The summed E-state index contributed by atoms with van der Waals surface area (Å²) in [6, 6.07) is 8.17. The van der Waals surface area contributed by atoms with Crippen LogP contribution in [0.25, 0.3) is 0 Å². The molecular formula is C17H25NO2. The number of hydrogen-bond donors (Lipinski definition) is 0. The van der Waals surface area contributed by atoms with E-state index in [9.17, 15) is 4.79 Å². The number of carbonyl (C=O) groups excluding carboxylic acids is 1. The van der Waals surface area contributed by atoms with Crippen LogP contribution in [-0.2, 0) is 0 Å². The van der Waals surface area contributed by atoms with Crippen molar-refractivity contribution in [1.82, 2.24) is 4.90 Å². The highest BCUT2D eigenvalue weighted by Gasteiger charge is 2.29. The van der Waals surface area contributed by atoms with E-state index in [0.29, 0.717) is 12.1 Å². The minimum atomic E-state index is 0.119. The minimum absolute atomic E-state index is 0.119. The number of piperidine rings is 1. The highest BCUT2D eigenvalue weighted by molar-refractivity contribution is 5.95. The molecule has 0 unspecified atom stereocenters. The number of benzene rings is 1. The maximum absolute atomic E-state index is 12.7. The number of carbonyl (C=O) groups is 1. The van der Waals surface area contributed by atoms with Crippen LogP contribution in [0.15, 0.2) is 24.3 Å². The molecule has 110 valence electrons. The Morgan fingerprint density at radius 3 is 2.50 bits per heavy atom. The average molecular weight is 275 g/mol. The Kier molecular flexibility index (Phi) is 4.69. The van der Waals surface area contributed by atoms with Crippen molar-refractivity contribution in [1.29, 1.82) is 0 Å².